The monoisotopic (exact) mass is 470 g/mol. The molecule has 0 aliphatic carbocycles. The van der Waals surface area contributed by atoms with E-state index in [-0.39, 0.29) is 24.0 Å². The summed E-state index contributed by atoms with van der Waals surface area (Å²) in [6.07, 6.45) is 1.98. The van der Waals surface area contributed by atoms with E-state index < -0.39 is 0 Å². The van der Waals surface area contributed by atoms with E-state index in [4.69, 9.17) is 9.98 Å². The van der Waals surface area contributed by atoms with Crippen LogP contribution in [0.3, 0.4) is 0 Å². The summed E-state index contributed by atoms with van der Waals surface area (Å²) in [6.45, 7) is 9.14. The summed E-state index contributed by atoms with van der Waals surface area (Å²) < 4.78 is 0. The first-order valence-electron chi connectivity index (χ1n) is 8.77. The molecule has 4 nitrogen and oxygen atoms in total. The number of aliphatic imine (C=N–C) groups is 1. The van der Waals surface area contributed by atoms with E-state index in [0.29, 0.717) is 5.92 Å². The van der Waals surface area contributed by atoms with Gasteiger partial charge in [-0.2, -0.15) is 0 Å². The molecule has 2 aromatic rings. The quantitative estimate of drug-likeness (QED) is 0.399. The van der Waals surface area contributed by atoms with E-state index in [9.17, 15) is 0 Å². The van der Waals surface area contributed by atoms with Crippen molar-refractivity contribution in [3.63, 3.8) is 0 Å². The molecule has 0 radical (unpaired) electrons. The zero-order valence-corrected chi connectivity index (χ0v) is 18.3. The highest BCUT2D eigenvalue weighted by molar-refractivity contribution is 14.0. The second kappa shape index (κ2) is 9.52. The first kappa shape index (κ1) is 20.2. The molecule has 1 aromatic carbocycles. The maximum absolute atomic E-state index is 4.84. The Kier molecular flexibility index (Phi) is 7.68. The molecule has 136 valence electrons. The summed E-state index contributed by atoms with van der Waals surface area (Å²) in [4.78, 5) is 11.8. The lowest BCUT2D eigenvalue weighted by Gasteiger charge is -2.22. The second-order valence-corrected chi connectivity index (χ2v) is 7.24. The minimum Gasteiger partial charge on any atom is -0.356 e. The number of fused-ring (bicyclic) bond motifs is 1. The SMILES string of the molecule is CCNC(=NCCc1csc(C(C)C)n1)N1CCc2ccccc21.I. The Morgan fingerprint density at radius 1 is 1.36 bits per heavy atom. The van der Waals surface area contributed by atoms with E-state index >= 15 is 0 Å². The molecule has 6 heteroatoms. The molecule has 1 N–H and O–H groups in total. The molecule has 25 heavy (non-hydrogen) atoms. The van der Waals surface area contributed by atoms with Crippen LogP contribution in [0.1, 0.15) is 43.0 Å². The molecule has 0 unspecified atom stereocenters. The molecule has 0 saturated heterocycles. The maximum Gasteiger partial charge on any atom is 0.198 e. The fourth-order valence-corrected chi connectivity index (χ4v) is 3.80. The Morgan fingerprint density at radius 3 is 2.88 bits per heavy atom. The van der Waals surface area contributed by atoms with Gasteiger partial charge in [0.15, 0.2) is 5.96 Å². The van der Waals surface area contributed by atoms with Gasteiger partial charge in [-0.1, -0.05) is 32.0 Å². The van der Waals surface area contributed by atoms with E-state index in [1.807, 2.05) is 0 Å². The van der Waals surface area contributed by atoms with E-state index in [0.717, 1.165) is 44.1 Å². The van der Waals surface area contributed by atoms with E-state index in [2.05, 4.69) is 60.6 Å². The summed E-state index contributed by atoms with van der Waals surface area (Å²) in [6, 6.07) is 8.61. The van der Waals surface area contributed by atoms with Crippen molar-refractivity contribution in [2.24, 2.45) is 4.99 Å². The Balaban J connectivity index is 0.00000225. The number of nitrogens with zero attached hydrogens (tertiary/aromatic N) is 3. The first-order chi connectivity index (χ1) is 11.7. The number of aromatic nitrogens is 1. The van der Waals surface area contributed by atoms with Crippen LogP contribution in [-0.4, -0.2) is 30.6 Å². The number of halogens is 1. The number of hydrogen-bond acceptors (Lipinski definition) is 3. The Morgan fingerprint density at radius 2 is 2.16 bits per heavy atom. The molecule has 0 atom stereocenters. The normalized spacial score (nSPS) is 13.8. The third-order valence-electron chi connectivity index (χ3n) is 4.17. The molecule has 1 aliphatic heterocycles. The molecule has 3 rings (SSSR count). The van der Waals surface area contributed by atoms with Gasteiger partial charge in [0.1, 0.15) is 0 Å². The van der Waals surface area contributed by atoms with Crippen molar-refractivity contribution in [3.8, 4) is 0 Å². The van der Waals surface area contributed by atoms with Crippen LogP contribution in [-0.2, 0) is 12.8 Å². The van der Waals surface area contributed by atoms with Gasteiger partial charge in [0.2, 0.25) is 0 Å². The largest absolute Gasteiger partial charge is 0.356 e. The van der Waals surface area contributed by atoms with Crippen LogP contribution < -0.4 is 10.2 Å². The topological polar surface area (TPSA) is 40.5 Å². The summed E-state index contributed by atoms with van der Waals surface area (Å²) in [5, 5.41) is 6.82. The minimum absolute atomic E-state index is 0. The summed E-state index contributed by atoms with van der Waals surface area (Å²) >= 11 is 1.76. The van der Waals surface area contributed by atoms with Gasteiger partial charge in [0.05, 0.1) is 10.7 Å². The van der Waals surface area contributed by atoms with Gasteiger partial charge in [-0.05, 0) is 25.0 Å². The molecule has 0 amide bonds. The van der Waals surface area contributed by atoms with Crippen LogP contribution in [0.25, 0.3) is 0 Å². The zero-order valence-electron chi connectivity index (χ0n) is 15.2. The van der Waals surface area contributed by atoms with Crippen molar-refractivity contribution in [1.82, 2.24) is 10.3 Å². The van der Waals surface area contributed by atoms with E-state index in [1.165, 1.54) is 16.3 Å². The van der Waals surface area contributed by atoms with Gasteiger partial charge in [0.25, 0.3) is 0 Å². The lowest BCUT2D eigenvalue weighted by atomic mass is 10.2. The van der Waals surface area contributed by atoms with Crippen molar-refractivity contribution in [1.29, 1.82) is 0 Å². The third-order valence-corrected chi connectivity index (χ3v) is 5.36. The average Bonchev–Trinajstić information content (AvgIpc) is 3.21. The lowest BCUT2D eigenvalue weighted by molar-refractivity contribution is 0.825. The molecule has 1 aromatic heterocycles. The molecule has 2 heterocycles. The second-order valence-electron chi connectivity index (χ2n) is 6.35. The number of thiazole rings is 1. The lowest BCUT2D eigenvalue weighted by Crippen LogP contribution is -2.40. The number of para-hydroxylation sites is 1. The van der Waals surface area contributed by atoms with Crippen molar-refractivity contribution in [3.05, 3.63) is 45.9 Å². The highest BCUT2D eigenvalue weighted by Crippen LogP contribution is 2.27. The van der Waals surface area contributed by atoms with Crippen LogP contribution in [0.4, 0.5) is 5.69 Å². The fraction of sp³-hybridized carbons (Fsp3) is 0.474. The predicted molar refractivity (Wildman–Crippen MR) is 119 cm³/mol. The van der Waals surface area contributed by atoms with Gasteiger partial charge in [-0.25, -0.2) is 4.98 Å². The van der Waals surface area contributed by atoms with Crippen LogP contribution in [0.15, 0.2) is 34.6 Å². The third kappa shape index (κ3) is 4.94. The Bertz CT molecular complexity index is 711. The average molecular weight is 470 g/mol. The van der Waals surface area contributed by atoms with Crippen LogP contribution in [0.2, 0.25) is 0 Å². The molecule has 0 saturated carbocycles. The highest BCUT2D eigenvalue weighted by Gasteiger charge is 2.22. The predicted octanol–water partition coefficient (Wildman–Crippen LogP) is 4.46. The smallest absolute Gasteiger partial charge is 0.198 e. The number of nitrogens with one attached hydrogen (secondary N) is 1. The number of hydrogen-bond donors (Lipinski definition) is 1. The number of benzene rings is 1. The van der Waals surface area contributed by atoms with E-state index in [1.54, 1.807) is 11.3 Å². The van der Waals surface area contributed by atoms with Crippen molar-refractivity contribution < 1.29 is 0 Å². The van der Waals surface area contributed by atoms with Gasteiger partial charge < -0.3 is 10.2 Å². The molecule has 0 spiro atoms. The first-order valence-corrected chi connectivity index (χ1v) is 9.65. The fourth-order valence-electron chi connectivity index (χ4n) is 2.93. The van der Waals surface area contributed by atoms with Crippen molar-refractivity contribution in [2.45, 2.75) is 39.5 Å². The van der Waals surface area contributed by atoms with Gasteiger partial charge in [-0.15, -0.1) is 35.3 Å². The molecular formula is C19H27IN4S. The van der Waals surface area contributed by atoms with Gasteiger partial charge in [-0.3, -0.25) is 4.99 Å². The number of rotatable bonds is 5. The minimum atomic E-state index is 0. The van der Waals surface area contributed by atoms with Crippen molar-refractivity contribution >= 4 is 47.0 Å². The van der Waals surface area contributed by atoms with Gasteiger partial charge >= 0.3 is 0 Å². The molecule has 1 aliphatic rings. The number of anilines is 1. The zero-order chi connectivity index (χ0) is 16.9. The maximum atomic E-state index is 4.84. The Labute approximate surface area is 171 Å². The number of guanidine groups is 1. The Hall–Kier alpha value is -1.15. The highest BCUT2D eigenvalue weighted by atomic mass is 127. The molecule has 0 bridgehead atoms. The summed E-state index contributed by atoms with van der Waals surface area (Å²) in [5.41, 5.74) is 3.85. The summed E-state index contributed by atoms with van der Waals surface area (Å²) in [7, 11) is 0. The standard InChI is InChI=1S/C19H26N4S.HI/c1-4-20-19(23-12-10-15-7-5-6-8-17(15)23)21-11-9-16-13-24-18(22-16)14(2)3;/h5-8,13-14H,4,9-12H2,1-3H3,(H,20,21);1H. The van der Waals surface area contributed by atoms with Gasteiger partial charge in [0, 0.05) is 43.0 Å². The van der Waals surface area contributed by atoms with Crippen LogP contribution in [0.5, 0.6) is 0 Å². The van der Waals surface area contributed by atoms with Crippen molar-refractivity contribution in [2.75, 3.05) is 24.5 Å². The van der Waals surface area contributed by atoms with Crippen LogP contribution in [0, 0.1) is 0 Å². The molecule has 0 fully saturated rings. The molecular weight excluding hydrogens is 443 g/mol. The summed E-state index contributed by atoms with van der Waals surface area (Å²) in [5.74, 6) is 1.49. The van der Waals surface area contributed by atoms with Crippen LogP contribution >= 0.6 is 35.3 Å².